The lowest BCUT2D eigenvalue weighted by molar-refractivity contribution is -0.135. The molecule has 0 radical (unpaired) electrons. The van der Waals surface area contributed by atoms with Gasteiger partial charge in [-0.1, -0.05) is 82.7 Å². The zero-order chi connectivity index (χ0) is 22.8. The predicted molar refractivity (Wildman–Crippen MR) is 129 cm³/mol. The van der Waals surface area contributed by atoms with Crippen molar-refractivity contribution < 1.29 is 9.59 Å². The largest absolute Gasteiger partial charge is 0.299 e. The summed E-state index contributed by atoms with van der Waals surface area (Å²) in [6, 6.07) is 9.69. The summed E-state index contributed by atoms with van der Waals surface area (Å²) in [5, 5.41) is 0. The normalized spacial score (nSPS) is 19.6. The van der Waals surface area contributed by atoms with E-state index in [0.29, 0.717) is 24.6 Å². The van der Waals surface area contributed by atoms with Crippen LogP contribution >= 0.6 is 0 Å². The fourth-order valence-corrected chi connectivity index (χ4v) is 4.91. The molecule has 4 nitrogen and oxygen atoms in total. The van der Waals surface area contributed by atoms with Gasteiger partial charge in [0, 0.05) is 18.8 Å². The van der Waals surface area contributed by atoms with E-state index < -0.39 is 11.8 Å². The fourth-order valence-electron chi connectivity index (χ4n) is 4.91. The second kappa shape index (κ2) is 12.6. The molecule has 0 spiro atoms. The van der Waals surface area contributed by atoms with Crippen LogP contribution in [0.15, 0.2) is 42.7 Å². The second-order valence-corrected chi connectivity index (χ2v) is 9.31. The van der Waals surface area contributed by atoms with E-state index in [9.17, 15) is 9.59 Å². The van der Waals surface area contributed by atoms with Gasteiger partial charge in [0.25, 0.3) is 0 Å². The molecule has 0 aliphatic heterocycles. The molecule has 1 aliphatic carbocycles. The number of benzene rings is 1. The minimum absolute atomic E-state index is 0.0385. The lowest BCUT2D eigenvalue weighted by Crippen LogP contribution is -2.35. The third kappa shape index (κ3) is 6.57. The standard InChI is InChI=1S/C28H38N2O2/c1-3-5-6-7-9-13-22-19-29-28(30-20-22)26(23-14-10-8-11-15-23)27(32)24-17-16-21(12-4-2)18-25(24)31/h8,10-11,14-15,19-21,24,26H,3-7,9,12-13,16-18H2,1-2H3. The first-order valence-electron chi connectivity index (χ1n) is 12.6. The highest BCUT2D eigenvalue weighted by Crippen LogP contribution is 2.34. The molecule has 0 N–H and O–H groups in total. The van der Waals surface area contributed by atoms with Crippen molar-refractivity contribution in [2.24, 2.45) is 11.8 Å². The third-order valence-corrected chi connectivity index (χ3v) is 6.75. The molecular formula is C28H38N2O2. The molecule has 2 aromatic rings. The number of Topliss-reactive ketones (excluding diaryl/α,β-unsaturated/α-hetero) is 2. The number of aryl methyl sites for hydroxylation is 1. The monoisotopic (exact) mass is 434 g/mol. The summed E-state index contributed by atoms with van der Waals surface area (Å²) < 4.78 is 0. The van der Waals surface area contributed by atoms with Crippen molar-refractivity contribution in [3.05, 3.63) is 59.7 Å². The zero-order valence-corrected chi connectivity index (χ0v) is 19.8. The van der Waals surface area contributed by atoms with Crippen LogP contribution < -0.4 is 0 Å². The summed E-state index contributed by atoms with van der Waals surface area (Å²) in [7, 11) is 0. The Labute approximate surface area is 193 Å². The molecule has 172 valence electrons. The number of rotatable bonds is 12. The number of hydrogen-bond donors (Lipinski definition) is 0. The fraction of sp³-hybridized carbons (Fsp3) is 0.571. The van der Waals surface area contributed by atoms with E-state index in [0.717, 1.165) is 43.2 Å². The van der Waals surface area contributed by atoms with Gasteiger partial charge in [-0.3, -0.25) is 9.59 Å². The minimum atomic E-state index is -0.577. The molecule has 1 aromatic heterocycles. The Morgan fingerprint density at radius 2 is 1.69 bits per heavy atom. The lowest BCUT2D eigenvalue weighted by atomic mass is 9.74. The molecule has 0 saturated heterocycles. The van der Waals surface area contributed by atoms with Crippen molar-refractivity contribution in [2.45, 2.75) is 90.4 Å². The van der Waals surface area contributed by atoms with Crippen LogP contribution in [0.2, 0.25) is 0 Å². The van der Waals surface area contributed by atoms with Crippen molar-refractivity contribution in [3.63, 3.8) is 0 Å². The van der Waals surface area contributed by atoms with E-state index in [2.05, 4.69) is 23.8 Å². The summed E-state index contributed by atoms with van der Waals surface area (Å²) in [4.78, 5) is 35.7. The summed E-state index contributed by atoms with van der Waals surface area (Å²) in [5.41, 5.74) is 1.98. The van der Waals surface area contributed by atoms with E-state index in [-0.39, 0.29) is 11.6 Å². The average Bonchev–Trinajstić information content (AvgIpc) is 2.81. The zero-order valence-electron chi connectivity index (χ0n) is 19.8. The van der Waals surface area contributed by atoms with Gasteiger partial charge < -0.3 is 0 Å². The highest BCUT2D eigenvalue weighted by atomic mass is 16.2. The maximum Gasteiger partial charge on any atom is 0.158 e. The van der Waals surface area contributed by atoms with E-state index in [1.807, 2.05) is 42.7 Å². The van der Waals surface area contributed by atoms with Crippen molar-refractivity contribution >= 4 is 11.6 Å². The van der Waals surface area contributed by atoms with Gasteiger partial charge in [-0.15, -0.1) is 0 Å². The first kappa shape index (κ1) is 24.3. The van der Waals surface area contributed by atoms with Gasteiger partial charge in [0.1, 0.15) is 17.5 Å². The Morgan fingerprint density at radius 3 is 2.34 bits per heavy atom. The van der Waals surface area contributed by atoms with Gasteiger partial charge in [0.15, 0.2) is 5.78 Å². The number of aromatic nitrogens is 2. The highest BCUT2D eigenvalue weighted by molar-refractivity contribution is 6.06. The van der Waals surface area contributed by atoms with Crippen LogP contribution in [0.5, 0.6) is 0 Å². The third-order valence-electron chi connectivity index (χ3n) is 6.75. The van der Waals surface area contributed by atoms with Crippen molar-refractivity contribution in [1.82, 2.24) is 9.97 Å². The van der Waals surface area contributed by atoms with Crippen LogP contribution in [0.3, 0.4) is 0 Å². The van der Waals surface area contributed by atoms with Gasteiger partial charge >= 0.3 is 0 Å². The molecule has 0 amide bonds. The maximum absolute atomic E-state index is 13.6. The van der Waals surface area contributed by atoms with E-state index >= 15 is 0 Å². The van der Waals surface area contributed by atoms with Crippen LogP contribution in [0.4, 0.5) is 0 Å². The molecular weight excluding hydrogens is 396 g/mol. The van der Waals surface area contributed by atoms with Gasteiger partial charge in [-0.2, -0.15) is 0 Å². The number of ketones is 2. The second-order valence-electron chi connectivity index (χ2n) is 9.31. The lowest BCUT2D eigenvalue weighted by Gasteiger charge is -2.28. The highest BCUT2D eigenvalue weighted by Gasteiger charge is 2.38. The summed E-state index contributed by atoms with van der Waals surface area (Å²) in [5.74, 6) is -0.103. The minimum Gasteiger partial charge on any atom is -0.299 e. The molecule has 1 aromatic carbocycles. The number of hydrogen-bond acceptors (Lipinski definition) is 4. The Morgan fingerprint density at radius 1 is 0.969 bits per heavy atom. The van der Waals surface area contributed by atoms with Crippen LogP contribution in [0.25, 0.3) is 0 Å². The SMILES string of the molecule is CCCCCCCc1cnc(C(C(=O)C2CCC(CCC)CC2=O)c2ccccc2)nc1. The van der Waals surface area contributed by atoms with Crippen LogP contribution in [-0.2, 0) is 16.0 Å². The molecule has 1 saturated carbocycles. The van der Waals surface area contributed by atoms with Gasteiger partial charge in [0.2, 0.25) is 0 Å². The van der Waals surface area contributed by atoms with Crippen LogP contribution in [-0.4, -0.2) is 21.5 Å². The molecule has 3 atom stereocenters. The van der Waals surface area contributed by atoms with Crippen molar-refractivity contribution in [1.29, 1.82) is 0 Å². The molecule has 4 heteroatoms. The summed E-state index contributed by atoms with van der Waals surface area (Å²) >= 11 is 0. The Balaban J connectivity index is 1.74. The average molecular weight is 435 g/mol. The maximum atomic E-state index is 13.6. The van der Waals surface area contributed by atoms with E-state index in [1.165, 1.54) is 25.7 Å². The molecule has 1 fully saturated rings. The van der Waals surface area contributed by atoms with Gasteiger partial charge in [-0.25, -0.2) is 9.97 Å². The first-order chi connectivity index (χ1) is 15.6. The summed E-state index contributed by atoms with van der Waals surface area (Å²) in [6.07, 6.45) is 15.2. The molecule has 1 aliphatic rings. The Hall–Kier alpha value is -2.36. The van der Waals surface area contributed by atoms with Crippen molar-refractivity contribution in [3.8, 4) is 0 Å². The predicted octanol–water partition coefficient (Wildman–Crippen LogP) is 6.48. The van der Waals surface area contributed by atoms with Gasteiger partial charge in [-0.05, 0) is 42.7 Å². The number of nitrogens with zero attached hydrogens (tertiary/aromatic N) is 2. The number of carbonyl (C=O) groups is 2. The Bertz CT molecular complexity index is 847. The molecule has 32 heavy (non-hydrogen) atoms. The van der Waals surface area contributed by atoms with Crippen LogP contribution in [0, 0.1) is 11.8 Å². The number of carbonyl (C=O) groups excluding carboxylic acids is 2. The molecule has 3 unspecified atom stereocenters. The first-order valence-corrected chi connectivity index (χ1v) is 12.6. The van der Waals surface area contributed by atoms with Gasteiger partial charge in [0.05, 0.1) is 5.92 Å². The van der Waals surface area contributed by atoms with E-state index in [4.69, 9.17) is 0 Å². The van der Waals surface area contributed by atoms with Crippen molar-refractivity contribution in [2.75, 3.05) is 0 Å². The van der Waals surface area contributed by atoms with Crippen LogP contribution in [0.1, 0.15) is 101 Å². The smallest absolute Gasteiger partial charge is 0.158 e. The molecule has 0 bridgehead atoms. The Kier molecular flexibility index (Phi) is 9.58. The van der Waals surface area contributed by atoms with E-state index in [1.54, 1.807) is 0 Å². The summed E-state index contributed by atoms with van der Waals surface area (Å²) in [6.45, 7) is 4.38. The molecule has 3 rings (SSSR count). The number of unbranched alkanes of at least 4 members (excludes halogenated alkanes) is 4. The topological polar surface area (TPSA) is 59.9 Å². The quantitative estimate of drug-likeness (QED) is 0.283. The molecule has 1 heterocycles.